The smallest absolute Gasteiger partial charge is 0.507 e. The summed E-state index contributed by atoms with van der Waals surface area (Å²) in [6, 6.07) is 91.2. The van der Waals surface area contributed by atoms with E-state index in [4.69, 9.17) is 0 Å². The van der Waals surface area contributed by atoms with Crippen LogP contribution in [0.2, 0.25) is 0 Å². The lowest BCUT2D eigenvalue weighted by Crippen LogP contribution is -2.28. The van der Waals surface area contributed by atoms with Crippen LogP contribution in [-0.2, 0) is 30.9 Å². The maximum absolute atomic E-state index is 13.1. The minimum Gasteiger partial charge on any atom is -0.507 e. The number of aryl methyl sites for hydroxylation is 2. The topological polar surface area (TPSA) is 127 Å². The molecule has 8 nitrogen and oxygen atoms in total. The number of rotatable bonds is 10. The highest BCUT2D eigenvalue weighted by Gasteiger charge is 2.50. The zero-order valence-corrected chi connectivity index (χ0v) is 60.1. The second-order valence-corrected chi connectivity index (χ2v) is 28.7. The predicted octanol–water partition coefficient (Wildman–Crippen LogP) is 24.9. The SMILES string of the molecule is BrCc1ccc2ccccc2c1-c1c(CBr)ccc2ccccc12.Cc1ccc2ccccc2c1-c1c(C)ccc2ccccc12.O=S(=O)(Oc1ccc2ccccc2c1-c1c(OS(=O)(=O)C(F)(F)F)ccc2ccccc12)C(F)(F)F.Oc1ccc2ccccc2c1-c1c(O)ccc2ccccc12. The van der Waals surface area contributed by atoms with E-state index in [0.29, 0.717) is 21.9 Å². The second kappa shape index (κ2) is 29.5. The van der Waals surface area contributed by atoms with Crippen LogP contribution in [0.4, 0.5) is 26.3 Å². The lowest BCUT2D eigenvalue weighted by atomic mass is 9.88. The van der Waals surface area contributed by atoms with Crippen LogP contribution in [0.1, 0.15) is 22.3 Å². The van der Waals surface area contributed by atoms with Gasteiger partial charge in [-0.15, -0.1) is 0 Å². The number of benzene rings is 16. The molecule has 0 aromatic heterocycles. The van der Waals surface area contributed by atoms with Crippen molar-refractivity contribution < 1.29 is 61.8 Å². The molecule has 0 bridgehead atoms. The fraction of sp³-hybridized carbons (Fsp3) is 0.0698. The highest BCUT2D eigenvalue weighted by atomic mass is 79.9. The molecule has 0 amide bonds. The van der Waals surface area contributed by atoms with E-state index >= 15 is 0 Å². The molecule has 104 heavy (non-hydrogen) atoms. The molecule has 16 aromatic carbocycles. The maximum atomic E-state index is 13.1. The second-order valence-electron chi connectivity index (χ2n) is 24.5. The van der Waals surface area contributed by atoms with Crippen LogP contribution in [0.3, 0.4) is 0 Å². The molecule has 0 aliphatic heterocycles. The molecular formula is C86H60Br2F6O8S2. The van der Waals surface area contributed by atoms with Crippen molar-refractivity contribution in [3.05, 3.63) is 313 Å². The summed E-state index contributed by atoms with van der Waals surface area (Å²) < 4.78 is 135. The quantitative estimate of drug-likeness (QED) is 0.0600. The highest BCUT2D eigenvalue weighted by molar-refractivity contribution is 9.08. The van der Waals surface area contributed by atoms with Gasteiger partial charge in [0.1, 0.15) is 11.5 Å². The molecule has 0 spiro atoms. The van der Waals surface area contributed by atoms with Crippen molar-refractivity contribution in [3.8, 4) is 67.5 Å². The maximum Gasteiger partial charge on any atom is 0.534 e. The van der Waals surface area contributed by atoms with E-state index in [0.717, 1.165) is 44.3 Å². The van der Waals surface area contributed by atoms with Gasteiger partial charge in [0.25, 0.3) is 0 Å². The summed E-state index contributed by atoms with van der Waals surface area (Å²) in [6.07, 6.45) is 0. The molecular weight excluding hydrogens is 1500 g/mol. The first-order chi connectivity index (χ1) is 50.0. The van der Waals surface area contributed by atoms with Crippen molar-refractivity contribution in [2.75, 3.05) is 0 Å². The summed E-state index contributed by atoms with van der Waals surface area (Å²) in [6.45, 7) is 4.42. The van der Waals surface area contributed by atoms with Crippen molar-refractivity contribution in [2.45, 2.75) is 35.5 Å². The minimum atomic E-state index is -6.21. The van der Waals surface area contributed by atoms with Crippen molar-refractivity contribution in [1.29, 1.82) is 0 Å². The van der Waals surface area contributed by atoms with Crippen LogP contribution < -0.4 is 8.37 Å². The zero-order valence-electron chi connectivity index (χ0n) is 55.3. The Hall–Kier alpha value is -10.8. The molecule has 0 aliphatic rings. The first-order valence-electron chi connectivity index (χ1n) is 32.5. The van der Waals surface area contributed by atoms with Gasteiger partial charge in [-0.1, -0.05) is 299 Å². The Kier molecular flexibility index (Phi) is 20.3. The van der Waals surface area contributed by atoms with Crippen LogP contribution in [0.5, 0.6) is 23.0 Å². The fourth-order valence-electron chi connectivity index (χ4n) is 13.4. The van der Waals surface area contributed by atoms with Crippen LogP contribution in [0.15, 0.2) is 291 Å². The van der Waals surface area contributed by atoms with E-state index in [2.05, 4.69) is 200 Å². The van der Waals surface area contributed by atoms with Gasteiger partial charge in [0, 0.05) is 32.9 Å². The molecule has 2 N–H and O–H groups in total. The van der Waals surface area contributed by atoms with E-state index in [-0.39, 0.29) is 22.3 Å². The molecule has 0 unspecified atom stereocenters. The van der Waals surface area contributed by atoms with Gasteiger partial charge in [-0.25, -0.2) is 0 Å². The van der Waals surface area contributed by atoms with Crippen molar-refractivity contribution in [1.82, 2.24) is 0 Å². The minimum absolute atomic E-state index is 0.0537. The Morgan fingerprint density at radius 3 is 0.750 bits per heavy atom. The number of alkyl halides is 8. The Labute approximate surface area is 612 Å². The first-order valence-corrected chi connectivity index (χ1v) is 37.6. The zero-order chi connectivity index (χ0) is 73.2. The molecule has 0 fully saturated rings. The molecule has 0 saturated carbocycles. The van der Waals surface area contributed by atoms with Gasteiger partial charge in [0.05, 0.1) is 0 Å². The highest BCUT2D eigenvalue weighted by Crippen LogP contribution is 2.50. The van der Waals surface area contributed by atoms with Crippen molar-refractivity contribution >= 4 is 138 Å². The third-order valence-corrected chi connectivity index (χ3v) is 21.3. The van der Waals surface area contributed by atoms with Gasteiger partial charge >= 0.3 is 31.3 Å². The predicted molar refractivity (Wildman–Crippen MR) is 417 cm³/mol. The first kappa shape index (κ1) is 71.6. The molecule has 0 atom stereocenters. The van der Waals surface area contributed by atoms with Gasteiger partial charge in [-0.05, 0) is 169 Å². The lowest BCUT2D eigenvalue weighted by Gasteiger charge is -2.19. The van der Waals surface area contributed by atoms with Crippen molar-refractivity contribution in [2.24, 2.45) is 0 Å². The van der Waals surface area contributed by atoms with E-state index in [1.165, 1.54) is 136 Å². The molecule has 0 aliphatic carbocycles. The molecule has 18 heteroatoms. The molecule has 0 radical (unpaired) electrons. The van der Waals surface area contributed by atoms with E-state index < -0.39 is 53.9 Å². The summed E-state index contributed by atoms with van der Waals surface area (Å²) in [4.78, 5) is 0. The summed E-state index contributed by atoms with van der Waals surface area (Å²) in [5.74, 6) is -1.47. The average Bonchev–Trinajstić information content (AvgIpc) is 0.740. The van der Waals surface area contributed by atoms with Crippen molar-refractivity contribution in [3.63, 3.8) is 0 Å². The number of phenols is 2. The van der Waals surface area contributed by atoms with Gasteiger partial charge < -0.3 is 18.6 Å². The number of halogens is 8. The van der Waals surface area contributed by atoms with Crippen LogP contribution in [-0.4, -0.2) is 38.1 Å². The largest absolute Gasteiger partial charge is 0.534 e. The summed E-state index contributed by atoms with van der Waals surface area (Å²) in [5.41, 5.74) is -0.417. The third-order valence-electron chi connectivity index (χ3n) is 18.2. The Morgan fingerprint density at radius 2 is 0.490 bits per heavy atom. The number of fused-ring (bicyclic) bond motifs is 8. The average molecular weight is 1560 g/mol. The van der Waals surface area contributed by atoms with Crippen LogP contribution in [0.25, 0.3) is 131 Å². The van der Waals surface area contributed by atoms with Gasteiger partial charge in [0.15, 0.2) is 11.5 Å². The molecule has 16 rings (SSSR count). The summed E-state index contributed by atoms with van der Waals surface area (Å²) in [5, 5.41) is 37.7. The Balaban J connectivity index is 0.000000126. The number of phenolic OH excluding ortho intramolecular Hbond substituents is 2. The molecule has 0 saturated heterocycles. The summed E-state index contributed by atoms with van der Waals surface area (Å²) >= 11 is 7.38. The monoisotopic (exact) mass is 1560 g/mol. The lowest BCUT2D eigenvalue weighted by molar-refractivity contribution is -0.0505. The molecule has 16 aromatic rings. The Morgan fingerprint density at radius 1 is 0.279 bits per heavy atom. The number of hydrogen-bond donors (Lipinski definition) is 2. The standard InChI is InChI=1S/C22H16Br2.C22H12F6O6S2.C22H18.C20H14O2/c23-13-17-11-9-15-5-1-3-7-19(15)21(17)22-18(14-24)12-10-16-6-2-4-8-20(16)22;23-21(24,25)35(29,30)33-17-11-9-13-5-1-3-7-15(13)19(17)20-16-8-4-2-6-14(16)10-12-18(20)34-36(31,32)22(26,27)28;1-15-11-13-17-7-3-5-9-19(17)21(15)22-16(2)12-14-18-8-4-6-10-20(18)22;21-17-11-9-13-5-1-3-7-15(13)19(17)20-16-8-4-2-6-14(16)10-12-18(20)22/h1-12H,13-14H2;1-12H;3-14H,1-2H3;1-12,21-22H. The van der Waals surface area contributed by atoms with Gasteiger partial charge in [0.2, 0.25) is 0 Å². The van der Waals surface area contributed by atoms with E-state index in [1.807, 2.05) is 60.7 Å². The molecule has 0 heterocycles. The van der Waals surface area contributed by atoms with E-state index in [1.54, 1.807) is 24.3 Å². The number of hydrogen-bond acceptors (Lipinski definition) is 8. The van der Waals surface area contributed by atoms with Gasteiger partial charge in [-0.3, -0.25) is 0 Å². The summed E-state index contributed by atoms with van der Waals surface area (Å²) in [7, 11) is -12.4. The Bertz CT molecular complexity index is 5700. The van der Waals surface area contributed by atoms with Crippen LogP contribution in [0, 0.1) is 13.8 Å². The fourth-order valence-corrected chi connectivity index (χ4v) is 15.3. The molecule has 520 valence electrons. The van der Waals surface area contributed by atoms with E-state index in [9.17, 15) is 53.4 Å². The van der Waals surface area contributed by atoms with Gasteiger partial charge in [-0.2, -0.15) is 43.2 Å². The van der Waals surface area contributed by atoms with Crippen LogP contribution >= 0.6 is 31.9 Å². The normalized spacial score (nSPS) is 11.9. The number of aromatic hydroxyl groups is 2. The third kappa shape index (κ3) is 14.1.